The summed E-state index contributed by atoms with van der Waals surface area (Å²) < 4.78 is 0. The van der Waals surface area contributed by atoms with Gasteiger partial charge in [0.05, 0.1) is 10.5 Å². The van der Waals surface area contributed by atoms with Crippen LogP contribution in [-0.4, -0.2) is 30.1 Å². The van der Waals surface area contributed by atoms with Gasteiger partial charge in [0.25, 0.3) is 5.69 Å². The van der Waals surface area contributed by atoms with Crippen LogP contribution in [0.15, 0.2) is 24.3 Å². The molecule has 0 bridgehead atoms. The summed E-state index contributed by atoms with van der Waals surface area (Å²) >= 11 is 0. The van der Waals surface area contributed by atoms with E-state index in [0.29, 0.717) is 0 Å². The highest BCUT2D eigenvalue weighted by Gasteiger charge is 2.49. The zero-order valence-electron chi connectivity index (χ0n) is 9.56. The van der Waals surface area contributed by atoms with Gasteiger partial charge in [-0.05, 0) is 25.0 Å². The fraction of sp³-hybridized carbons (Fsp3) is 0.500. The molecule has 1 spiro atoms. The molecule has 5 nitrogen and oxygen atoms in total. The second-order valence-electron chi connectivity index (χ2n) is 4.83. The van der Waals surface area contributed by atoms with Crippen molar-refractivity contribution in [2.45, 2.75) is 18.4 Å². The van der Waals surface area contributed by atoms with Gasteiger partial charge in [0.15, 0.2) is 0 Å². The van der Waals surface area contributed by atoms with E-state index in [1.54, 1.807) is 12.1 Å². The van der Waals surface area contributed by atoms with Crippen molar-refractivity contribution in [1.82, 2.24) is 5.32 Å². The lowest BCUT2D eigenvalue weighted by molar-refractivity contribution is -0.384. The summed E-state index contributed by atoms with van der Waals surface area (Å²) in [4.78, 5) is 12.7. The van der Waals surface area contributed by atoms with Crippen molar-refractivity contribution in [3.63, 3.8) is 0 Å². The highest BCUT2D eigenvalue weighted by atomic mass is 16.6. The van der Waals surface area contributed by atoms with Gasteiger partial charge in [-0.15, -0.1) is 0 Å². The van der Waals surface area contributed by atoms with Crippen LogP contribution < -0.4 is 10.2 Å². The van der Waals surface area contributed by atoms with Crippen LogP contribution in [0, 0.1) is 10.1 Å². The summed E-state index contributed by atoms with van der Waals surface area (Å²) in [6, 6.07) is 6.91. The summed E-state index contributed by atoms with van der Waals surface area (Å²) in [7, 11) is 0. The Morgan fingerprint density at radius 3 is 2.59 bits per heavy atom. The smallest absolute Gasteiger partial charge is 0.269 e. The van der Waals surface area contributed by atoms with E-state index in [0.717, 1.165) is 25.3 Å². The molecule has 17 heavy (non-hydrogen) atoms. The van der Waals surface area contributed by atoms with Gasteiger partial charge in [0.1, 0.15) is 0 Å². The average Bonchev–Trinajstić information content (AvgIpc) is 3.10. The first-order valence-electron chi connectivity index (χ1n) is 5.94. The third kappa shape index (κ3) is 1.76. The summed E-state index contributed by atoms with van der Waals surface area (Å²) in [6.45, 7) is 3.00. The summed E-state index contributed by atoms with van der Waals surface area (Å²) in [5, 5.41) is 14.0. The van der Waals surface area contributed by atoms with Crippen LogP contribution in [0.3, 0.4) is 0 Å². The molecule has 0 aromatic heterocycles. The largest absolute Gasteiger partial charge is 0.363 e. The van der Waals surface area contributed by atoms with Gasteiger partial charge in [-0.1, -0.05) is 0 Å². The molecular weight excluding hydrogens is 218 g/mol. The van der Waals surface area contributed by atoms with Crippen molar-refractivity contribution in [1.29, 1.82) is 0 Å². The molecule has 2 fully saturated rings. The lowest BCUT2D eigenvalue weighted by Crippen LogP contribution is -2.53. The number of nitrogens with one attached hydrogen (secondary N) is 1. The maximum absolute atomic E-state index is 10.6. The van der Waals surface area contributed by atoms with Crippen LogP contribution in [0.1, 0.15) is 12.8 Å². The second-order valence-corrected chi connectivity index (χ2v) is 4.83. The fourth-order valence-electron chi connectivity index (χ4n) is 2.59. The Kier molecular flexibility index (Phi) is 2.29. The van der Waals surface area contributed by atoms with E-state index in [1.807, 2.05) is 12.1 Å². The maximum Gasteiger partial charge on any atom is 0.269 e. The van der Waals surface area contributed by atoms with Crippen LogP contribution in [0.25, 0.3) is 0 Å². The number of nitro groups is 1. The normalized spacial score (nSPS) is 21.5. The second kappa shape index (κ2) is 3.70. The predicted molar refractivity (Wildman–Crippen MR) is 65.3 cm³/mol. The minimum atomic E-state index is -0.353. The SMILES string of the molecule is O=[N+]([O-])c1ccc(N2CCNCC23CC3)cc1. The molecule has 1 aliphatic heterocycles. The van der Waals surface area contributed by atoms with Gasteiger partial charge in [-0.2, -0.15) is 0 Å². The Morgan fingerprint density at radius 2 is 2.00 bits per heavy atom. The molecule has 0 amide bonds. The lowest BCUT2D eigenvalue weighted by Gasteiger charge is -2.38. The van der Waals surface area contributed by atoms with Gasteiger partial charge < -0.3 is 10.2 Å². The predicted octanol–water partition coefficient (Wildman–Crippen LogP) is 1.54. The Balaban J connectivity index is 1.85. The number of benzene rings is 1. The molecule has 5 heteroatoms. The van der Waals surface area contributed by atoms with Crippen LogP contribution in [-0.2, 0) is 0 Å². The number of anilines is 1. The van der Waals surface area contributed by atoms with Crippen LogP contribution in [0.5, 0.6) is 0 Å². The Bertz CT molecular complexity index is 440. The molecule has 1 saturated heterocycles. The standard InChI is InChI=1S/C12H15N3O2/c16-15(17)11-3-1-10(2-4-11)14-8-7-13-9-12(14)5-6-12/h1-4,13H,5-9H2. The van der Waals surface area contributed by atoms with Crippen LogP contribution in [0.4, 0.5) is 11.4 Å². The minimum absolute atomic E-state index is 0.161. The zero-order chi connectivity index (χ0) is 11.9. The summed E-state index contributed by atoms with van der Waals surface area (Å²) in [5.41, 5.74) is 1.55. The van der Waals surface area contributed by atoms with E-state index in [4.69, 9.17) is 0 Å². The Labute approximate surface area is 99.6 Å². The van der Waals surface area contributed by atoms with Gasteiger partial charge in [0, 0.05) is 37.5 Å². The van der Waals surface area contributed by atoms with Crippen molar-refractivity contribution in [3.05, 3.63) is 34.4 Å². The molecule has 0 radical (unpaired) electrons. The maximum atomic E-state index is 10.6. The number of piperazine rings is 1. The first-order chi connectivity index (χ1) is 8.21. The molecule has 1 heterocycles. The molecule has 1 N–H and O–H groups in total. The van der Waals surface area contributed by atoms with Crippen molar-refractivity contribution in [3.8, 4) is 0 Å². The number of nitro benzene ring substituents is 1. The number of nitrogens with zero attached hydrogens (tertiary/aromatic N) is 2. The highest BCUT2D eigenvalue weighted by Crippen LogP contribution is 2.44. The molecule has 90 valence electrons. The van der Waals surface area contributed by atoms with Gasteiger partial charge in [-0.25, -0.2) is 0 Å². The summed E-state index contributed by atoms with van der Waals surface area (Å²) in [5.74, 6) is 0. The van der Waals surface area contributed by atoms with Crippen LogP contribution >= 0.6 is 0 Å². The van der Waals surface area contributed by atoms with Crippen molar-refractivity contribution >= 4 is 11.4 Å². The van der Waals surface area contributed by atoms with E-state index in [2.05, 4.69) is 10.2 Å². The van der Waals surface area contributed by atoms with E-state index in [-0.39, 0.29) is 16.1 Å². The molecule has 1 aromatic carbocycles. The number of hydrogen-bond donors (Lipinski definition) is 1. The molecule has 3 rings (SSSR count). The average molecular weight is 233 g/mol. The fourth-order valence-corrected chi connectivity index (χ4v) is 2.59. The molecule has 0 atom stereocenters. The Hall–Kier alpha value is -1.62. The van der Waals surface area contributed by atoms with Crippen molar-refractivity contribution < 1.29 is 4.92 Å². The summed E-state index contributed by atoms with van der Waals surface area (Å²) in [6.07, 6.45) is 2.44. The quantitative estimate of drug-likeness (QED) is 0.621. The minimum Gasteiger partial charge on any atom is -0.363 e. The van der Waals surface area contributed by atoms with Crippen molar-refractivity contribution in [2.24, 2.45) is 0 Å². The molecule has 1 aliphatic carbocycles. The van der Waals surface area contributed by atoms with E-state index < -0.39 is 0 Å². The molecular formula is C12H15N3O2. The third-order valence-corrected chi connectivity index (χ3v) is 3.74. The van der Waals surface area contributed by atoms with Gasteiger partial charge >= 0.3 is 0 Å². The van der Waals surface area contributed by atoms with Gasteiger partial charge in [0.2, 0.25) is 0 Å². The first-order valence-corrected chi connectivity index (χ1v) is 5.94. The molecule has 1 saturated carbocycles. The molecule has 0 unspecified atom stereocenters. The third-order valence-electron chi connectivity index (χ3n) is 3.74. The van der Waals surface area contributed by atoms with Gasteiger partial charge in [-0.3, -0.25) is 10.1 Å². The molecule has 1 aromatic rings. The lowest BCUT2D eigenvalue weighted by atomic mass is 10.1. The molecule has 2 aliphatic rings. The Morgan fingerprint density at radius 1 is 1.29 bits per heavy atom. The number of non-ortho nitro benzene ring substituents is 1. The van der Waals surface area contributed by atoms with E-state index in [1.165, 1.54) is 12.8 Å². The van der Waals surface area contributed by atoms with E-state index in [9.17, 15) is 10.1 Å². The zero-order valence-corrected chi connectivity index (χ0v) is 9.56. The highest BCUT2D eigenvalue weighted by molar-refractivity contribution is 5.55. The first kappa shape index (κ1) is 10.5. The van der Waals surface area contributed by atoms with E-state index >= 15 is 0 Å². The monoisotopic (exact) mass is 233 g/mol. The van der Waals surface area contributed by atoms with Crippen molar-refractivity contribution in [2.75, 3.05) is 24.5 Å². The van der Waals surface area contributed by atoms with Crippen LogP contribution in [0.2, 0.25) is 0 Å². The topological polar surface area (TPSA) is 58.4 Å². The number of rotatable bonds is 2. The number of hydrogen-bond acceptors (Lipinski definition) is 4.